The number of carbonyl (C=O) groups excluding carboxylic acids is 2. The molecule has 0 aliphatic carbocycles. The Hall–Kier alpha value is -3.61. The molecular weight excluding hydrogens is 393 g/mol. The third-order valence-electron chi connectivity index (χ3n) is 4.39. The highest BCUT2D eigenvalue weighted by Crippen LogP contribution is 2.29. The summed E-state index contributed by atoms with van der Waals surface area (Å²) in [5, 5.41) is 5.46. The van der Waals surface area contributed by atoms with Crippen molar-refractivity contribution in [1.82, 2.24) is 5.32 Å². The summed E-state index contributed by atoms with van der Waals surface area (Å²) in [5.41, 5.74) is 1.24. The van der Waals surface area contributed by atoms with Crippen LogP contribution in [0.25, 0.3) is 0 Å². The van der Waals surface area contributed by atoms with Gasteiger partial charge in [-0.15, -0.1) is 0 Å². The Labute approximate surface area is 171 Å². The van der Waals surface area contributed by atoms with Gasteiger partial charge in [-0.2, -0.15) is 13.2 Å². The van der Waals surface area contributed by atoms with Crippen molar-refractivity contribution in [3.05, 3.63) is 101 Å². The first-order chi connectivity index (χ1) is 14.3. The number of hydrogen-bond acceptors (Lipinski definition) is 2. The Morgan fingerprint density at radius 3 is 2.07 bits per heavy atom. The van der Waals surface area contributed by atoms with Crippen LogP contribution in [-0.4, -0.2) is 11.8 Å². The van der Waals surface area contributed by atoms with Crippen LogP contribution in [0, 0.1) is 0 Å². The molecule has 0 heterocycles. The molecule has 2 N–H and O–H groups in total. The molecule has 0 unspecified atom stereocenters. The summed E-state index contributed by atoms with van der Waals surface area (Å²) in [6.45, 7) is 0.341. The Morgan fingerprint density at radius 2 is 1.40 bits per heavy atom. The Balaban J connectivity index is 1.63. The predicted molar refractivity (Wildman–Crippen MR) is 108 cm³/mol. The van der Waals surface area contributed by atoms with Gasteiger partial charge in [-0.1, -0.05) is 54.6 Å². The first-order valence-corrected chi connectivity index (χ1v) is 9.20. The van der Waals surface area contributed by atoms with Crippen molar-refractivity contribution in [3.63, 3.8) is 0 Å². The summed E-state index contributed by atoms with van der Waals surface area (Å²) in [4.78, 5) is 24.9. The minimum atomic E-state index is -4.42. The zero-order chi connectivity index (χ0) is 21.6. The lowest BCUT2D eigenvalue weighted by molar-refractivity contribution is -0.137. The van der Waals surface area contributed by atoms with E-state index in [1.165, 1.54) is 12.1 Å². The lowest BCUT2D eigenvalue weighted by Gasteiger charge is -2.12. The maximum atomic E-state index is 12.6. The van der Waals surface area contributed by atoms with E-state index in [-0.39, 0.29) is 12.3 Å². The summed E-state index contributed by atoms with van der Waals surface area (Å²) in [7, 11) is 0. The molecule has 0 aromatic heterocycles. The van der Waals surface area contributed by atoms with Crippen molar-refractivity contribution < 1.29 is 22.8 Å². The minimum absolute atomic E-state index is 0.113. The van der Waals surface area contributed by atoms with Crippen molar-refractivity contribution >= 4 is 17.5 Å². The number of anilines is 1. The molecule has 0 aliphatic heterocycles. The summed E-state index contributed by atoms with van der Waals surface area (Å²) in [6.07, 6.45) is -4.54. The average Bonchev–Trinajstić information content (AvgIpc) is 2.73. The van der Waals surface area contributed by atoms with Crippen LogP contribution < -0.4 is 10.6 Å². The smallest absolute Gasteiger partial charge is 0.348 e. The highest BCUT2D eigenvalue weighted by atomic mass is 19.4. The molecule has 0 radical (unpaired) electrons. The van der Waals surface area contributed by atoms with Crippen molar-refractivity contribution in [2.75, 3.05) is 5.32 Å². The molecule has 30 heavy (non-hydrogen) atoms. The number of para-hydroxylation sites is 1. The van der Waals surface area contributed by atoms with E-state index in [1.807, 2.05) is 30.3 Å². The topological polar surface area (TPSA) is 58.2 Å². The molecule has 2 amide bonds. The normalized spacial score (nSPS) is 11.0. The molecule has 3 aromatic rings. The van der Waals surface area contributed by atoms with Crippen LogP contribution in [0.5, 0.6) is 0 Å². The van der Waals surface area contributed by atoms with Gasteiger partial charge in [0.25, 0.3) is 5.91 Å². The number of nitrogens with one attached hydrogen (secondary N) is 2. The number of benzene rings is 3. The van der Waals surface area contributed by atoms with E-state index in [0.717, 1.165) is 17.7 Å². The zero-order valence-corrected chi connectivity index (χ0v) is 15.9. The van der Waals surface area contributed by atoms with E-state index < -0.39 is 17.6 Å². The molecule has 154 valence electrons. The molecular formula is C23H19F3N2O2. The van der Waals surface area contributed by atoms with Crippen LogP contribution in [0.3, 0.4) is 0 Å². The fraction of sp³-hybridized carbons (Fsp3) is 0.130. The Morgan fingerprint density at radius 1 is 0.767 bits per heavy atom. The van der Waals surface area contributed by atoms with E-state index in [9.17, 15) is 22.8 Å². The molecule has 0 spiro atoms. The molecule has 3 rings (SSSR count). The lowest BCUT2D eigenvalue weighted by atomic mass is 10.1. The van der Waals surface area contributed by atoms with Gasteiger partial charge in [0.15, 0.2) is 0 Å². The van der Waals surface area contributed by atoms with Crippen molar-refractivity contribution in [2.45, 2.75) is 19.1 Å². The summed E-state index contributed by atoms with van der Waals surface area (Å²) in [6, 6.07) is 20.4. The van der Waals surface area contributed by atoms with Gasteiger partial charge in [-0.3, -0.25) is 9.59 Å². The average molecular weight is 412 g/mol. The maximum absolute atomic E-state index is 12.6. The van der Waals surface area contributed by atoms with Gasteiger partial charge in [0.1, 0.15) is 0 Å². The first-order valence-electron chi connectivity index (χ1n) is 9.20. The second-order valence-corrected chi connectivity index (χ2v) is 6.63. The quantitative estimate of drug-likeness (QED) is 0.610. The summed E-state index contributed by atoms with van der Waals surface area (Å²) >= 11 is 0. The number of halogens is 3. The van der Waals surface area contributed by atoms with Crippen LogP contribution in [0.4, 0.5) is 18.9 Å². The van der Waals surface area contributed by atoms with Gasteiger partial charge >= 0.3 is 6.18 Å². The number of carbonyl (C=O) groups is 2. The fourth-order valence-electron chi connectivity index (χ4n) is 2.85. The predicted octanol–water partition coefficient (Wildman–Crippen LogP) is 4.82. The summed E-state index contributed by atoms with van der Waals surface area (Å²) in [5.74, 6) is -0.776. The van der Waals surface area contributed by atoms with E-state index in [4.69, 9.17) is 0 Å². The van der Waals surface area contributed by atoms with Crippen LogP contribution in [0.2, 0.25) is 0 Å². The third-order valence-corrected chi connectivity index (χ3v) is 4.39. The lowest BCUT2D eigenvalue weighted by Crippen LogP contribution is -2.25. The van der Waals surface area contributed by atoms with Gasteiger partial charge in [-0.05, 0) is 35.4 Å². The van der Waals surface area contributed by atoms with Crippen molar-refractivity contribution in [2.24, 2.45) is 0 Å². The van der Waals surface area contributed by atoms with Gasteiger partial charge in [0.05, 0.1) is 23.2 Å². The molecule has 3 aromatic carbocycles. The van der Waals surface area contributed by atoms with Crippen LogP contribution in [-0.2, 0) is 23.9 Å². The highest BCUT2D eigenvalue weighted by Gasteiger charge is 2.30. The zero-order valence-electron chi connectivity index (χ0n) is 15.9. The summed E-state index contributed by atoms with van der Waals surface area (Å²) < 4.78 is 37.9. The SMILES string of the molecule is O=C(Cc1ccc(C(F)(F)F)cc1)Nc1ccccc1C(=O)NCc1ccccc1. The van der Waals surface area contributed by atoms with Gasteiger partial charge in [0.2, 0.25) is 5.91 Å². The molecule has 0 fully saturated rings. The second kappa shape index (κ2) is 9.26. The largest absolute Gasteiger partial charge is 0.416 e. The van der Waals surface area contributed by atoms with E-state index in [1.54, 1.807) is 24.3 Å². The molecule has 7 heteroatoms. The van der Waals surface area contributed by atoms with E-state index >= 15 is 0 Å². The monoisotopic (exact) mass is 412 g/mol. The third kappa shape index (κ3) is 5.70. The Kier molecular flexibility index (Phi) is 6.51. The van der Waals surface area contributed by atoms with E-state index in [2.05, 4.69) is 10.6 Å². The number of amides is 2. The van der Waals surface area contributed by atoms with Gasteiger partial charge in [-0.25, -0.2) is 0 Å². The molecule has 0 atom stereocenters. The highest BCUT2D eigenvalue weighted by molar-refractivity contribution is 6.04. The molecule has 0 aliphatic rings. The number of rotatable bonds is 6. The van der Waals surface area contributed by atoms with Crippen LogP contribution >= 0.6 is 0 Å². The molecule has 0 saturated heterocycles. The molecule has 0 bridgehead atoms. The molecule has 4 nitrogen and oxygen atoms in total. The minimum Gasteiger partial charge on any atom is -0.348 e. The fourth-order valence-corrected chi connectivity index (χ4v) is 2.85. The maximum Gasteiger partial charge on any atom is 0.416 e. The van der Waals surface area contributed by atoms with Gasteiger partial charge < -0.3 is 10.6 Å². The molecule has 0 saturated carbocycles. The van der Waals surface area contributed by atoms with E-state index in [0.29, 0.717) is 23.4 Å². The van der Waals surface area contributed by atoms with Crippen molar-refractivity contribution in [1.29, 1.82) is 0 Å². The van der Waals surface area contributed by atoms with Crippen LogP contribution in [0.15, 0.2) is 78.9 Å². The Bertz CT molecular complexity index is 1020. The number of hydrogen-bond donors (Lipinski definition) is 2. The standard InChI is InChI=1S/C23H19F3N2O2/c24-23(25,26)18-12-10-16(11-13-18)14-21(29)28-20-9-5-4-8-19(20)22(30)27-15-17-6-2-1-3-7-17/h1-13H,14-15H2,(H,27,30)(H,28,29). The van der Waals surface area contributed by atoms with Crippen LogP contribution in [0.1, 0.15) is 27.0 Å². The van der Waals surface area contributed by atoms with Gasteiger partial charge in [0, 0.05) is 6.54 Å². The number of alkyl halides is 3. The van der Waals surface area contributed by atoms with Crippen molar-refractivity contribution in [3.8, 4) is 0 Å². The first kappa shape index (κ1) is 21.1. The second-order valence-electron chi connectivity index (χ2n) is 6.63.